The average molecular weight is 278 g/mol. The molecule has 1 rings (SSSR count). The lowest BCUT2D eigenvalue weighted by Crippen LogP contribution is -2.48. The lowest BCUT2D eigenvalue weighted by Gasteiger charge is -2.21. The van der Waals surface area contributed by atoms with Gasteiger partial charge in [-0.1, -0.05) is 0 Å². The van der Waals surface area contributed by atoms with Crippen LogP contribution in [-0.2, 0) is 9.59 Å². The molecule has 6 N–H and O–H groups in total. The van der Waals surface area contributed by atoms with Crippen LogP contribution in [0.1, 0.15) is 0 Å². The van der Waals surface area contributed by atoms with Gasteiger partial charge in [0.15, 0.2) is 12.4 Å². The molecule has 0 saturated carbocycles. The van der Waals surface area contributed by atoms with E-state index < -0.39 is 30.4 Å². The number of hydrogen-bond donors (Lipinski definition) is 6. The molecule has 0 aliphatic heterocycles. The van der Waals surface area contributed by atoms with Crippen LogP contribution < -0.4 is 0 Å². The van der Waals surface area contributed by atoms with E-state index in [1.54, 1.807) is 6.07 Å². The Labute approximate surface area is 107 Å². The topological polar surface area (TPSA) is 169 Å². The molecule has 0 amide bonds. The van der Waals surface area contributed by atoms with Gasteiger partial charge in [-0.2, -0.15) is 0 Å². The van der Waals surface area contributed by atoms with E-state index in [1.165, 1.54) is 12.3 Å². The maximum absolute atomic E-state index is 10.1. The maximum Gasteiger partial charge on any atom is 0.335 e. The number of aldehydes is 1. The van der Waals surface area contributed by atoms with E-state index in [9.17, 15) is 9.59 Å². The van der Waals surface area contributed by atoms with Crippen molar-refractivity contribution in [1.82, 2.24) is 0 Å². The number of carboxylic acids is 1. The fourth-order valence-electron chi connectivity index (χ4n) is 0.885. The molecule has 0 saturated heterocycles. The first-order valence-corrected chi connectivity index (χ1v) is 4.94. The zero-order valence-corrected chi connectivity index (χ0v) is 9.53. The Balaban J connectivity index is 0.000000443. The van der Waals surface area contributed by atoms with Crippen molar-refractivity contribution in [2.24, 2.45) is 0 Å². The van der Waals surface area contributed by atoms with Crippen LogP contribution in [0, 0.1) is 0 Å². The SMILES string of the molecule is O=CC(O)C(O)C(O)C(O)C(=O)O.Oc1ccco1. The Morgan fingerprint density at radius 3 is 2.05 bits per heavy atom. The zero-order valence-electron chi connectivity index (χ0n) is 9.53. The van der Waals surface area contributed by atoms with E-state index in [-0.39, 0.29) is 12.2 Å². The van der Waals surface area contributed by atoms with Gasteiger partial charge in [-0.25, -0.2) is 4.79 Å². The third-order valence-corrected chi connectivity index (χ3v) is 1.92. The third kappa shape index (κ3) is 5.97. The van der Waals surface area contributed by atoms with Crippen LogP contribution in [0.5, 0.6) is 5.95 Å². The summed E-state index contributed by atoms with van der Waals surface area (Å²) in [5, 5.41) is 51.5. The molecule has 1 aromatic rings. The fraction of sp³-hybridized carbons (Fsp3) is 0.400. The predicted molar refractivity (Wildman–Crippen MR) is 58.1 cm³/mol. The zero-order chi connectivity index (χ0) is 15.0. The van der Waals surface area contributed by atoms with Gasteiger partial charge in [0.2, 0.25) is 0 Å². The first kappa shape index (κ1) is 17.1. The number of rotatable bonds is 5. The van der Waals surface area contributed by atoms with Gasteiger partial charge in [-0.05, 0) is 6.07 Å². The highest BCUT2D eigenvalue weighted by Gasteiger charge is 2.33. The summed E-state index contributed by atoms with van der Waals surface area (Å²) in [6.45, 7) is 0. The average Bonchev–Trinajstić information content (AvgIpc) is 2.86. The summed E-state index contributed by atoms with van der Waals surface area (Å²) in [4.78, 5) is 20.0. The van der Waals surface area contributed by atoms with E-state index >= 15 is 0 Å². The van der Waals surface area contributed by atoms with E-state index in [2.05, 4.69) is 4.42 Å². The number of aromatic hydroxyl groups is 1. The number of aliphatic hydroxyl groups is 4. The number of carboxylic acid groups (broad SMARTS) is 1. The Hall–Kier alpha value is -1.94. The summed E-state index contributed by atoms with van der Waals surface area (Å²) < 4.78 is 4.39. The largest absolute Gasteiger partial charge is 0.481 e. The van der Waals surface area contributed by atoms with Gasteiger partial charge < -0.3 is 39.9 Å². The van der Waals surface area contributed by atoms with Crippen molar-refractivity contribution in [1.29, 1.82) is 0 Å². The highest BCUT2D eigenvalue weighted by Crippen LogP contribution is 2.04. The van der Waals surface area contributed by atoms with E-state index in [0.29, 0.717) is 0 Å². The molecule has 0 aliphatic rings. The fourth-order valence-corrected chi connectivity index (χ4v) is 0.885. The predicted octanol–water partition coefficient (Wildman–Crippen LogP) is -2.30. The number of hydrogen-bond acceptors (Lipinski definition) is 8. The number of carbonyl (C=O) groups excluding carboxylic acids is 1. The second-order valence-corrected chi connectivity index (χ2v) is 3.34. The van der Waals surface area contributed by atoms with Crippen LogP contribution in [0.15, 0.2) is 22.8 Å². The number of furan rings is 1. The molecule has 0 aromatic carbocycles. The Morgan fingerprint density at radius 2 is 1.79 bits per heavy atom. The third-order valence-electron chi connectivity index (χ3n) is 1.92. The molecular weight excluding hydrogens is 264 g/mol. The van der Waals surface area contributed by atoms with Crippen molar-refractivity contribution in [2.45, 2.75) is 24.4 Å². The summed E-state index contributed by atoms with van der Waals surface area (Å²) in [6, 6.07) is 3.09. The van der Waals surface area contributed by atoms with Crippen LogP contribution in [0.3, 0.4) is 0 Å². The summed E-state index contributed by atoms with van der Waals surface area (Å²) in [7, 11) is 0. The van der Waals surface area contributed by atoms with Crippen molar-refractivity contribution in [3.63, 3.8) is 0 Å². The monoisotopic (exact) mass is 278 g/mol. The molecule has 4 unspecified atom stereocenters. The van der Waals surface area contributed by atoms with E-state index in [4.69, 9.17) is 30.6 Å². The van der Waals surface area contributed by atoms with E-state index in [1.807, 2.05) is 0 Å². The van der Waals surface area contributed by atoms with Crippen molar-refractivity contribution in [3.8, 4) is 5.95 Å². The molecule has 0 spiro atoms. The first-order chi connectivity index (χ1) is 8.81. The quantitative estimate of drug-likeness (QED) is 0.324. The lowest BCUT2D eigenvalue weighted by molar-refractivity contribution is -0.163. The minimum absolute atomic E-state index is 0.0324. The molecule has 0 bridgehead atoms. The highest BCUT2D eigenvalue weighted by atomic mass is 16.5. The van der Waals surface area contributed by atoms with Gasteiger partial charge in [0.1, 0.15) is 18.3 Å². The van der Waals surface area contributed by atoms with Crippen LogP contribution in [-0.4, -0.2) is 67.3 Å². The Bertz CT molecular complexity index is 374. The van der Waals surface area contributed by atoms with Gasteiger partial charge in [0.05, 0.1) is 6.26 Å². The van der Waals surface area contributed by atoms with Gasteiger partial charge in [-0.15, -0.1) is 0 Å². The lowest BCUT2D eigenvalue weighted by atomic mass is 10.0. The Kier molecular flexibility index (Phi) is 7.37. The maximum atomic E-state index is 10.1. The van der Waals surface area contributed by atoms with Gasteiger partial charge >= 0.3 is 5.97 Å². The molecular formula is C10H14O9. The number of aliphatic hydroxyl groups excluding tert-OH is 4. The minimum atomic E-state index is -2.25. The molecule has 1 heterocycles. The van der Waals surface area contributed by atoms with E-state index in [0.717, 1.165) is 0 Å². The standard InChI is InChI=1S/C6H10O7.C4H4O2/c7-1-2(8)3(9)4(10)5(11)6(12)13;5-4-2-1-3-6-4/h1-5,8-11H,(H,12,13);1-3,5H. The molecule has 108 valence electrons. The van der Waals surface area contributed by atoms with Crippen molar-refractivity contribution in [2.75, 3.05) is 0 Å². The molecule has 0 aliphatic carbocycles. The molecule has 1 aromatic heterocycles. The number of carbonyl (C=O) groups is 2. The minimum Gasteiger partial charge on any atom is -0.481 e. The van der Waals surface area contributed by atoms with Gasteiger partial charge in [-0.3, -0.25) is 0 Å². The molecule has 9 nitrogen and oxygen atoms in total. The summed E-state index contributed by atoms with van der Waals surface area (Å²) in [5.74, 6) is -1.79. The normalized spacial score (nSPS) is 16.4. The molecule has 9 heteroatoms. The van der Waals surface area contributed by atoms with Crippen molar-refractivity contribution in [3.05, 3.63) is 18.4 Å². The van der Waals surface area contributed by atoms with Crippen molar-refractivity contribution >= 4 is 12.3 Å². The smallest absolute Gasteiger partial charge is 0.335 e. The van der Waals surface area contributed by atoms with Crippen LogP contribution in [0.4, 0.5) is 0 Å². The summed E-state index contributed by atoms with van der Waals surface area (Å²) >= 11 is 0. The van der Waals surface area contributed by atoms with Crippen LogP contribution >= 0.6 is 0 Å². The van der Waals surface area contributed by atoms with Crippen molar-refractivity contribution < 1.29 is 44.6 Å². The molecule has 0 radical (unpaired) electrons. The van der Waals surface area contributed by atoms with Crippen LogP contribution in [0.2, 0.25) is 0 Å². The molecule has 19 heavy (non-hydrogen) atoms. The van der Waals surface area contributed by atoms with Gasteiger partial charge in [0, 0.05) is 6.07 Å². The molecule has 4 atom stereocenters. The van der Waals surface area contributed by atoms with Crippen LogP contribution in [0.25, 0.3) is 0 Å². The first-order valence-electron chi connectivity index (χ1n) is 4.94. The Morgan fingerprint density at radius 1 is 1.21 bits per heavy atom. The summed E-state index contributed by atoms with van der Waals surface area (Å²) in [6.07, 6.45) is -6.98. The van der Waals surface area contributed by atoms with Gasteiger partial charge in [0.25, 0.3) is 5.95 Å². The second kappa shape index (κ2) is 8.21. The summed E-state index contributed by atoms with van der Waals surface area (Å²) in [5.41, 5.74) is 0. The second-order valence-electron chi connectivity index (χ2n) is 3.34. The number of aliphatic carboxylic acids is 1. The highest BCUT2D eigenvalue weighted by molar-refractivity contribution is 5.73. The molecule has 0 fully saturated rings.